The second-order valence-electron chi connectivity index (χ2n) is 4.31. The van der Waals surface area contributed by atoms with E-state index in [1.165, 1.54) is 13.0 Å². The van der Waals surface area contributed by atoms with Crippen molar-refractivity contribution in [2.24, 2.45) is 0 Å². The van der Waals surface area contributed by atoms with Crippen LogP contribution in [0.3, 0.4) is 0 Å². The van der Waals surface area contributed by atoms with Gasteiger partial charge in [-0.15, -0.1) is 0 Å². The summed E-state index contributed by atoms with van der Waals surface area (Å²) in [5, 5.41) is 4.85. The van der Waals surface area contributed by atoms with Crippen LogP contribution in [-0.4, -0.2) is 11.8 Å². The number of rotatable bonds is 3. The first-order valence-electron chi connectivity index (χ1n) is 6.10. The minimum absolute atomic E-state index is 0.140. The summed E-state index contributed by atoms with van der Waals surface area (Å²) in [6, 6.07) is 9.15. The number of halogens is 2. The molecular formula is C15H12F2N2O2. The largest absolute Gasteiger partial charge is 0.326 e. The van der Waals surface area contributed by atoms with Crippen LogP contribution in [0.5, 0.6) is 0 Å². The summed E-state index contributed by atoms with van der Waals surface area (Å²) in [5.74, 6) is -2.54. The lowest BCUT2D eigenvalue weighted by Crippen LogP contribution is -2.17. The lowest BCUT2D eigenvalue weighted by molar-refractivity contribution is -0.114. The standard InChI is InChI=1S/C15H12F2N2O2/c1-9(20)18-13-5-3-2-4-11(13)15(21)19-14-7-6-10(16)8-12(14)17/h2-8H,1H3,(H,18,20)(H,19,21). The van der Waals surface area contributed by atoms with Crippen LogP contribution >= 0.6 is 0 Å². The van der Waals surface area contributed by atoms with Crippen LogP contribution in [0.2, 0.25) is 0 Å². The minimum atomic E-state index is -0.875. The van der Waals surface area contributed by atoms with Crippen LogP contribution in [0, 0.1) is 11.6 Å². The molecule has 0 atom stereocenters. The van der Waals surface area contributed by atoms with Gasteiger partial charge in [-0.25, -0.2) is 8.78 Å². The molecule has 4 nitrogen and oxygen atoms in total. The van der Waals surface area contributed by atoms with Crippen molar-refractivity contribution in [3.8, 4) is 0 Å². The lowest BCUT2D eigenvalue weighted by atomic mass is 10.1. The molecule has 0 saturated heterocycles. The summed E-state index contributed by atoms with van der Waals surface area (Å²) in [4.78, 5) is 23.2. The monoisotopic (exact) mass is 290 g/mol. The molecule has 108 valence electrons. The highest BCUT2D eigenvalue weighted by molar-refractivity contribution is 6.09. The Balaban J connectivity index is 2.26. The van der Waals surface area contributed by atoms with Gasteiger partial charge in [0.15, 0.2) is 0 Å². The van der Waals surface area contributed by atoms with Gasteiger partial charge in [-0.05, 0) is 24.3 Å². The zero-order valence-corrected chi connectivity index (χ0v) is 11.1. The smallest absolute Gasteiger partial charge is 0.257 e. The molecule has 2 aromatic rings. The van der Waals surface area contributed by atoms with E-state index in [1.54, 1.807) is 18.2 Å². The summed E-state index contributed by atoms with van der Waals surface area (Å²) >= 11 is 0. The lowest BCUT2D eigenvalue weighted by Gasteiger charge is -2.10. The first kappa shape index (κ1) is 14.6. The van der Waals surface area contributed by atoms with Gasteiger partial charge in [-0.3, -0.25) is 9.59 Å². The second-order valence-corrected chi connectivity index (χ2v) is 4.31. The Morgan fingerprint density at radius 1 is 0.952 bits per heavy atom. The SMILES string of the molecule is CC(=O)Nc1ccccc1C(=O)Nc1ccc(F)cc1F. The van der Waals surface area contributed by atoms with Crippen LogP contribution in [0.1, 0.15) is 17.3 Å². The predicted molar refractivity (Wildman–Crippen MR) is 75.1 cm³/mol. The van der Waals surface area contributed by atoms with Gasteiger partial charge in [0.1, 0.15) is 11.6 Å². The van der Waals surface area contributed by atoms with Gasteiger partial charge in [-0.2, -0.15) is 0 Å². The van der Waals surface area contributed by atoms with Crippen LogP contribution in [0.4, 0.5) is 20.2 Å². The number of carbonyl (C=O) groups excluding carboxylic acids is 2. The first-order valence-corrected chi connectivity index (χ1v) is 6.10. The normalized spacial score (nSPS) is 10.0. The fourth-order valence-electron chi connectivity index (χ4n) is 1.76. The summed E-state index contributed by atoms with van der Waals surface area (Å²) in [7, 11) is 0. The van der Waals surface area contributed by atoms with Crippen molar-refractivity contribution in [2.45, 2.75) is 6.92 Å². The van der Waals surface area contributed by atoms with Crippen LogP contribution < -0.4 is 10.6 Å². The number of amides is 2. The molecule has 21 heavy (non-hydrogen) atoms. The Morgan fingerprint density at radius 3 is 2.33 bits per heavy atom. The Kier molecular flexibility index (Phi) is 4.27. The summed E-state index contributed by atoms with van der Waals surface area (Å²) in [5.41, 5.74) is 0.348. The molecular weight excluding hydrogens is 278 g/mol. The quantitative estimate of drug-likeness (QED) is 0.912. The second kappa shape index (κ2) is 6.13. The van der Waals surface area contributed by atoms with E-state index in [2.05, 4.69) is 10.6 Å². The highest BCUT2D eigenvalue weighted by Gasteiger charge is 2.14. The van der Waals surface area contributed by atoms with Crippen molar-refractivity contribution in [3.05, 3.63) is 59.7 Å². The molecule has 6 heteroatoms. The maximum Gasteiger partial charge on any atom is 0.257 e. The third-order valence-corrected chi connectivity index (χ3v) is 2.66. The molecule has 2 rings (SSSR count). The van der Waals surface area contributed by atoms with Crippen molar-refractivity contribution in [3.63, 3.8) is 0 Å². The van der Waals surface area contributed by atoms with Gasteiger partial charge in [0, 0.05) is 13.0 Å². The number of hydrogen-bond donors (Lipinski definition) is 2. The molecule has 0 unspecified atom stereocenters. The molecule has 2 N–H and O–H groups in total. The molecule has 0 aliphatic carbocycles. The number of hydrogen-bond acceptors (Lipinski definition) is 2. The summed E-state index contributed by atoms with van der Waals surface area (Å²) in [6.07, 6.45) is 0. The molecule has 0 aliphatic rings. The van der Waals surface area contributed by atoms with E-state index >= 15 is 0 Å². The molecule has 0 aromatic heterocycles. The van der Waals surface area contributed by atoms with E-state index in [-0.39, 0.29) is 17.2 Å². The van der Waals surface area contributed by atoms with Crippen LogP contribution in [-0.2, 0) is 4.79 Å². The van der Waals surface area contributed by atoms with Gasteiger partial charge in [0.2, 0.25) is 5.91 Å². The number of anilines is 2. The summed E-state index contributed by atoms with van der Waals surface area (Å²) in [6.45, 7) is 1.31. The summed E-state index contributed by atoms with van der Waals surface area (Å²) < 4.78 is 26.3. The van der Waals surface area contributed by atoms with Gasteiger partial charge >= 0.3 is 0 Å². The third-order valence-electron chi connectivity index (χ3n) is 2.66. The van der Waals surface area contributed by atoms with Crippen LogP contribution in [0.25, 0.3) is 0 Å². The predicted octanol–water partition coefficient (Wildman–Crippen LogP) is 3.18. The Hall–Kier alpha value is -2.76. The average molecular weight is 290 g/mol. The Labute approximate surface area is 119 Å². The fourth-order valence-corrected chi connectivity index (χ4v) is 1.76. The number of benzene rings is 2. The molecule has 2 amide bonds. The molecule has 2 aromatic carbocycles. The first-order chi connectivity index (χ1) is 9.97. The van der Waals surface area contributed by atoms with Crippen molar-refractivity contribution in [1.82, 2.24) is 0 Å². The zero-order chi connectivity index (χ0) is 15.4. The van der Waals surface area contributed by atoms with Gasteiger partial charge in [-0.1, -0.05) is 12.1 Å². The van der Waals surface area contributed by atoms with Gasteiger partial charge < -0.3 is 10.6 Å². The van der Waals surface area contributed by atoms with Crippen LogP contribution in [0.15, 0.2) is 42.5 Å². The Morgan fingerprint density at radius 2 is 1.67 bits per heavy atom. The number of nitrogens with one attached hydrogen (secondary N) is 2. The number of para-hydroxylation sites is 1. The number of carbonyl (C=O) groups is 2. The third kappa shape index (κ3) is 3.62. The van der Waals surface area contributed by atoms with Crippen molar-refractivity contribution in [1.29, 1.82) is 0 Å². The van der Waals surface area contributed by atoms with E-state index in [0.29, 0.717) is 11.8 Å². The molecule has 0 radical (unpaired) electrons. The highest BCUT2D eigenvalue weighted by atomic mass is 19.1. The van der Waals surface area contributed by atoms with E-state index < -0.39 is 17.5 Å². The minimum Gasteiger partial charge on any atom is -0.326 e. The van der Waals surface area contributed by atoms with E-state index in [0.717, 1.165) is 12.1 Å². The molecule has 0 fully saturated rings. The van der Waals surface area contributed by atoms with Crippen molar-refractivity contribution < 1.29 is 18.4 Å². The van der Waals surface area contributed by atoms with Crippen molar-refractivity contribution >= 4 is 23.2 Å². The fraction of sp³-hybridized carbons (Fsp3) is 0.0667. The molecule has 0 spiro atoms. The Bertz CT molecular complexity index is 702. The zero-order valence-electron chi connectivity index (χ0n) is 11.1. The van der Waals surface area contributed by atoms with E-state index in [4.69, 9.17) is 0 Å². The highest BCUT2D eigenvalue weighted by Crippen LogP contribution is 2.19. The molecule has 0 aliphatic heterocycles. The maximum atomic E-state index is 13.5. The van der Waals surface area contributed by atoms with E-state index in [1.807, 2.05) is 0 Å². The molecule has 0 saturated carbocycles. The topological polar surface area (TPSA) is 58.2 Å². The van der Waals surface area contributed by atoms with E-state index in [9.17, 15) is 18.4 Å². The molecule has 0 bridgehead atoms. The maximum absolute atomic E-state index is 13.5. The van der Waals surface area contributed by atoms with Gasteiger partial charge in [0.05, 0.1) is 16.9 Å². The van der Waals surface area contributed by atoms with Gasteiger partial charge in [0.25, 0.3) is 5.91 Å². The molecule has 0 heterocycles. The van der Waals surface area contributed by atoms with Crippen molar-refractivity contribution in [2.75, 3.05) is 10.6 Å². The average Bonchev–Trinajstić information content (AvgIpc) is 2.42.